The second kappa shape index (κ2) is 12.7. The monoisotopic (exact) mass is 548 g/mol. The van der Waals surface area contributed by atoms with Gasteiger partial charge in [0, 0.05) is 12.8 Å². The van der Waals surface area contributed by atoms with E-state index < -0.39 is 41.5 Å². The van der Waals surface area contributed by atoms with Crippen LogP contribution in [0.5, 0.6) is 0 Å². The van der Waals surface area contributed by atoms with Crippen LogP contribution in [0.1, 0.15) is 51.2 Å². The molecule has 2 aliphatic rings. The van der Waals surface area contributed by atoms with Gasteiger partial charge in [-0.15, -0.1) is 0 Å². The van der Waals surface area contributed by atoms with E-state index in [0.717, 1.165) is 30.4 Å². The average molecular weight is 549 g/mol. The summed E-state index contributed by atoms with van der Waals surface area (Å²) in [6.07, 6.45) is 3.04. The van der Waals surface area contributed by atoms with Crippen LogP contribution in [-0.2, 0) is 41.5 Å². The predicted octanol–water partition coefficient (Wildman–Crippen LogP) is 3.62. The molecule has 2 aromatic carbocycles. The SMILES string of the molecule is COC(=O)[C@H](Cc1ccccc1)NC(=O)[C@H]1[C@H]2CC[C@H](C2)[C@H]1C(=O)N[C@@H](Cc1ccccc1)C(=O)OC(C)(C)C. The number of amides is 2. The van der Waals surface area contributed by atoms with Gasteiger partial charge < -0.3 is 20.1 Å². The summed E-state index contributed by atoms with van der Waals surface area (Å²) >= 11 is 0. The van der Waals surface area contributed by atoms with Crippen molar-refractivity contribution in [1.29, 1.82) is 0 Å². The number of benzene rings is 2. The molecule has 40 heavy (non-hydrogen) atoms. The number of nitrogens with one attached hydrogen (secondary N) is 2. The van der Waals surface area contributed by atoms with E-state index in [0.29, 0.717) is 0 Å². The minimum atomic E-state index is -0.891. The maximum Gasteiger partial charge on any atom is 0.329 e. The molecule has 0 radical (unpaired) electrons. The third-order valence-corrected chi connectivity index (χ3v) is 7.90. The molecule has 0 saturated heterocycles. The standard InChI is InChI=1S/C32H40N2O6/c1-32(2,3)40-31(38)25(18-21-13-9-6-10-14-21)34-29(36)27-23-16-15-22(19-23)26(27)28(35)33-24(30(37)39-4)17-20-11-7-5-8-12-20/h5-14,22-27H,15-19H2,1-4H3,(H,33,35)(H,34,36)/t22-,23+,24-,25-,26-,27+/m0/s1. The highest BCUT2D eigenvalue weighted by molar-refractivity contribution is 5.93. The molecule has 2 N–H and O–H groups in total. The van der Waals surface area contributed by atoms with E-state index in [2.05, 4.69) is 10.6 Å². The van der Waals surface area contributed by atoms with Gasteiger partial charge in [-0.05, 0) is 63.0 Å². The van der Waals surface area contributed by atoms with Gasteiger partial charge in [-0.25, -0.2) is 9.59 Å². The highest BCUT2D eigenvalue weighted by atomic mass is 16.6. The Morgan fingerprint density at radius 3 is 1.57 bits per heavy atom. The number of esters is 2. The molecular weight excluding hydrogens is 508 g/mol. The van der Waals surface area contributed by atoms with Gasteiger partial charge in [0.15, 0.2) is 0 Å². The molecule has 2 aliphatic carbocycles. The summed E-state index contributed by atoms with van der Waals surface area (Å²) in [5, 5.41) is 5.83. The van der Waals surface area contributed by atoms with Crippen LogP contribution in [0.25, 0.3) is 0 Å². The highest BCUT2D eigenvalue weighted by Crippen LogP contribution is 2.52. The van der Waals surface area contributed by atoms with Crippen molar-refractivity contribution in [3.05, 3.63) is 71.8 Å². The first-order valence-corrected chi connectivity index (χ1v) is 14.0. The quantitative estimate of drug-likeness (QED) is 0.439. The Morgan fingerprint density at radius 2 is 1.18 bits per heavy atom. The Kier molecular flexibility index (Phi) is 9.28. The lowest BCUT2D eigenvalue weighted by atomic mass is 9.77. The van der Waals surface area contributed by atoms with Crippen molar-refractivity contribution in [2.24, 2.45) is 23.7 Å². The maximum atomic E-state index is 13.8. The third kappa shape index (κ3) is 7.29. The second-order valence-corrected chi connectivity index (χ2v) is 11.9. The molecule has 2 bridgehead atoms. The first-order valence-electron chi connectivity index (χ1n) is 14.0. The van der Waals surface area contributed by atoms with Crippen molar-refractivity contribution in [1.82, 2.24) is 10.6 Å². The number of methoxy groups -OCH3 is 1. The molecule has 0 aromatic heterocycles. The van der Waals surface area contributed by atoms with E-state index in [-0.39, 0.29) is 36.5 Å². The summed E-state index contributed by atoms with van der Waals surface area (Å²) < 4.78 is 10.6. The number of carbonyl (C=O) groups is 4. The summed E-state index contributed by atoms with van der Waals surface area (Å²) in [5.41, 5.74) is 1.07. The van der Waals surface area contributed by atoms with E-state index in [1.165, 1.54) is 7.11 Å². The lowest BCUT2D eigenvalue weighted by Crippen LogP contribution is -2.53. The van der Waals surface area contributed by atoms with Crippen LogP contribution in [0.4, 0.5) is 0 Å². The molecule has 2 saturated carbocycles. The van der Waals surface area contributed by atoms with Crippen molar-refractivity contribution >= 4 is 23.8 Å². The van der Waals surface area contributed by atoms with Crippen molar-refractivity contribution in [3.8, 4) is 0 Å². The minimum absolute atomic E-state index is 0.0439. The predicted molar refractivity (Wildman–Crippen MR) is 150 cm³/mol. The van der Waals surface area contributed by atoms with Crippen LogP contribution < -0.4 is 10.6 Å². The molecule has 2 aromatic rings. The number of hydrogen-bond donors (Lipinski definition) is 2. The van der Waals surface area contributed by atoms with Crippen LogP contribution in [0.2, 0.25) is 0 Å². The van der Waals surface area contributed by atoms with Crippen LogP contribution in [-0.4, -0.2) is 48.5 Å². The molecule has 0 aliphatic heterocycles. The number of carbonyl (C=O) groups excluding carboxylic acids is 4. The van der Waals surface area contributed by atoms with Gasteiger partial charge in [0.1, 0.15) is 17.7 Å². The molecule has 8 heteroatoms. The van der Waals surface area contributed by atoms with E-state index in [1.54, 1.807) is 20.8 Å². The Morgan fingerprint density at radius 1 is 0.750 bits per heavy atom. The molecule has 214 valence electrons. The molecule has 8 nitrogen and oxygen atoms in total. The normalized spacial score (nSPS) is 23.1. The third-order valence-electron chi connectivity index (χ3n) is 7.90. The van der Waals surface area contributed by atoms with E-state index in [9.17, 15) is 19.2 Å². The van der Waals surface area contributed by atoms with Gasteiger partial charge in [-0.2, -0.15) is 0 Å². The first kappa shape index (κ1) is 29.3. The highest BCUT2D eigenvalue weighted by Gasteiger charge is 2.54. The van der Waals surface area contributed by atoms with E-state index >= 15 is 0 Å². The van der Waals surface area contributed by atoms with Crippen LogP contribution in [0.15, 0.2) is 60.7 Å². The Hall–Kier alpha value is -3.68. The maximum absolute atomic E-state index is 13.8. The Balaban J connectivity index is 1.51. The fraction of sp³-hybridized carbons (Fsp3) is 0.500. The number of fused-ring (bicyclic) bond motifs is 2. The van der Waals surface area contributed by atoms with Crippen molar-refractivity contribution in [2.45, 2.75) is 70.6 Å². The number of hydrogen-bond acceptors (Lipinski definition) is 6. The zero-order chi connectivity index (χ0) is 28.9. The molecule has 0 spiro atoms. The molecule has 2 fully saturated rings. The lowest BCUT2D eigenvalue weighted by molar-refractivity contribution is -0.159. The van der Waals surface area contributed by atoms with Crippen molar-refractivity contribution < 1.29 is 28.7 Å². The Labute approximate surface area is 236 Å². The van der Waals surface area contributed by atoms with Crippen LogP contribution in [0.3, 0.4) is 0 Å². The lowest BCUT2D eigenvalue weighted by Gasteiger charge is -2.32. The van der Waals surface area contributed by atoms with Gasteiger partial charge in [0.2, 0.25) is 11.8 Å². The van der Waals surface area contributed by atoms with Crippen LogP contribution >= 0.6 is 0 Å². The first-order chi connectivity index (χ1) is 19.1. The molecule has 0 unspecified atom stereocenters. The summed E-state index contributed by atoms with van der Waals surface area (Å²) in [6, 6.07) is 17.1. The van der Waals surface area contributed by atoms with Gasteiger partial charge in [0.25, 0.3) is 0 Å². The summed E-state index contributed by atoms with van der Waals surface area (Å²) in [4.78, 5) is 53.2. The van der Waals surface area contributed by atoms with Gasteiger partial charge in [-0.3, -0.25) is 9.59 Å². The summed E-state index contributed by atoms with van der Waals surface area (Å²) in [6.45, 7) is 5.36. The van der Waals surface area contributed by atoms with Gasteiger partial charge in [0.05, 0.1) is 18.9 Å². The molecular formula is C32H40N2O6. The topological polar surface area (TPSA) is 111 Å². The van der Waals surface area contributed by atoms with Crippen molar-refractivity contribution in [3.63, 3.8) is 0 Å². The Bertz CT molecular complexity index is 1190. The average Bonchev–Trinajstić information content (AvgIpc) is 3.54. The smallest absolute Gasteiger partial charge is 0.329 e. The number of rotatable bonds is 10. The van der Waals surface area contributed by atoms with Gasteiger partial charge >= 0.3 is 11.9 Å². The summed E-state index contributed by atoms with van der Waals surface area (Å²) in [7, 11) is 1.30. The zero-order valence-corrected chi connectivity index (χ0v) is 23.7. The van der Waals surface area contributed by atoms with Gasteiger partial charge in [-0.1, -0.05) is 60.7 Å². The fourth-order valence-corrected chi connectivity index (χ4v) is 6.18. The van der Waals surface area contributed by atoms with Crippen molar-refractivity contribution in [2.75, 3.05) is 7.11 Å². The van der Waals surface area contributed by atoms with E-state index in [1.807, 2.05) is 60.7 Å². The molecule has 6 atom stereocenters. The van der Waals surface area contributed by atoms with Crippen LogP contribution in [0, 0.1) is 23.7 Å². The molecule has 4 rings (SSSR count). The molecule has 2 amide bonds. The zero-order valence-electron chi connectivity index (χ0n) is 23.7. The second-order valence-electron chi connectivity index (χ2n) is 11.9. The van der Waals surface area contributed by atoms with E-state index in [4.69, 9.17) is 9.47 Å². The number of ether oxygens (including phenoxy) is 2. The molecule has 0 heterocycles. The fourth-order valence-electron chi connectivity index (χ4n) is 6.18. The minimum Gasteiger partial charge on any atom is -0.467 e. The summed E-state index contributed by atoms with van der Waals surface area (Å²) in [5.74, 6) is -2.77. The largest absolute Gasteiger partial charge is 0.467 e.